The Morgan fingerprint density at radius 1 is 1.03 bits per heavy atom. The van der Waals surface area contributed by atoms with Gasteiger partial charge in [0.15, 0.2) is 0 Å². The molecule has 31 heavy (non-hydrogen) atoms. The molecule has 174 valence electrons. The van der Waals surface area contributed by atoms with Gasteiger partial charge in [-0.05, 0) is 65.5 Å². The van der Waals surface area contributed by atoms with Crippen LogP contribution in [0.4, 0.5) is 4.79 Å². The van der Waals surface area contributed by atoms with E-state index in [0.29, 0.717) is 45.4 Å². The summed E-state index contributed by atoms with van der Waals surface area (Å²) in [7, 11) is 0. The number of amides is 1. The summed E-state index contributed by atoms with van der Waals surface area (Å²) in [5, 5.41) is 15.2. The Morgan fingerprint density at radius 3 is 2.29 bits per heavy atom. The Kier molecular flexibility index (Phi) is 11.6. The van der Waals surface area contributed by atoms with E-state index < -0.39 is 29.6 Å². The second kappa shape index (κ2) is 13.6. The summed E-state index contributed by atoms with van der Waals surface area (Å²) >= 11 is 0. The van der Waals surface area contributed by atoms with Crippen LogP contribution in [0.5, 0.6) is 0 Å². The summed E-state index contributed by atoms with van der Waals surface area (Å²) in [6, 6.07) is 8.62. The maximum Gasteiger partial charge on any atom is 0.407 e. The maximum atomic E-state index is 12.3. The molecule has 1 amide bonds. The van der Waals surface area contributed by atoms with E-state index in [1.165, 1.54) is 0 Å². The fraction of sp³-hybridized carbons (Fsp3) is 0.609. The molecule has 0 aromatic heterocycles. The second-order valence-corrected chi connectivity index (χ2v) is 8.27. The van der Waals surface area contributed by atoms with Crippen LogP contribution in [0.3, 0.4) is 0 Å². The molecule has 0 spiro atoms. The first kappa shape index (κ1) is 26.4. The van der Waals surface area contributed by atoms with Crippen molar-refractivity contribution in [3.63, 3.8) is 0 Å². The number of ether oxygens (including phenoxy) is 2. The summed E-state index contributed by atoms with van der Waals surface area (Å²) in [6.45, 7) is 8.21. The lowest BCUT2D eigenvalue weighted by molar-refractivity contribution is -0.145. The van der Waals surface area contributed by atoms with Gasteiger partial charge < -0.3 is 25.2 Å². The van der Waals surface area contributed by atoms with E-state index in [1.54, 1.807) is 27.7 Å². The van der Waals surface area contributed by atoms with Crippen molar-refractivity contribution in [2.75, 3.05) is 19.7 Å². The van der Waals surface area contributed by atoms with Crippen LogP contribution < -0.4 is 10.6 Å². The van der Waals surface area contributed by atoms with E-state index in [4.69, 9.17) is 9.47 Å². The van der Waals surface area contributed by atoms with Gasteiger partial charge in [0.05, 0.1) is 12.5 Å². The van der Waals surface area contributed by atoms with Crippen LogP contribution in [0.15, 0.2) is 30.3 Å². The van der Waals surface area contributed by atoms with Crippen molar-refractivity contribution < 1.29 is 29.0 Å². The highest BCUT2D eigenvalue weighted by molar-refractivity contribution is 5.78. The molecule has 0 aliphatic heterocycles. The molecule has 1 rings (SSSR count). The minimum absolute atomic E-state index is 0.296. The van der Waals surface area contributed by atoms with Gasteiger partial charge in [0.1, 0.15) is 11.6 Å². The van der Waals surface area contributed by atoms with E-state index in [1.807, 2.05) is 30.3 Å². The molecule has 0 bridgehead atoms. The van der Waals surface area contributed by atoms with E-state index in [0.717, 1.165) is 5.56 Å². The number of aliphatic carboxylic acids is 1. The number of rotatable bonds is 13. The van der Waals surface area contributed by atoms with Crippen LogP contribution in [0.2, 0.25) is 0 Å². The predicted octanol–water partition coefficient (Wildman–Crippen LogP) is 3.46. The fourth-order valence-corrected chi connectivity index (χ4v) is 3.04. The smallest absolute Gasteiger partial charge is 0.407 e. The molecule has 0 saturated heterocycles. The molecular formula is C23H36N2O6. The molecule has 1 aromatic carbocycles. The third kappa shape index (κ3) is 11.4. The van der Waals surface area contributed by atoms with Gasteiger partial charge >= 0.3 is 18.0 Å². The standard InChI is InChI=1S/C23H36N2O6/c1-5-30-21(28)18(17-11-7-6-8-12-17)14-16-24-19(20(26)27)13-9-10-15-25-22(29)31-23(2,3)4/h6-8,11-12,18-19,24H,5,9-10,13-16H2,1-4H3,(H,25,29)(H,26,27)/t18?,19-/m0/s1. The van der Waals surface area contributed by atoms with E-state index in [9.17, 15) is 19.5 Å². The lowest BCUT2D eigenvalue weighted by atomic mass is 9.95. The molecule has 1 unspecified atom stereocenters. The number of hydrogen-bond donors (Lipinski definition) is 3. The zero-order valence-electron chi connectivity index (χ0n) is 19.0. The van der Waals surface area contributed by atoms with Gasteiger partial charge in [0, 0.05) is 6.54 Å². The molecular weight excluding hydrogens is 400 g/mol. The topological polar surface area (TPSA) is 114 Å². The number of carboxylic acid groups (broad SMARTS) is 1. The van der Waals surface area contributed by atoms with Crippen molar-refractivity contribution in [1.82, 2.24) is 10.6 Å². The number of nitrogens with one attached hydrogen (secondary N) is 2. The largest absolute Gasteiger partial charge is 0.480 e. The Hall–Kier alpha value is -2.61. The van der Waals surface area contributed by atoms with Crippen LogP contribution in [-0.4, -0.2) is 54.5 Å². The van der Waals surface area contributed by atoms with Crippen LogP contribution in [-0.2, 0) is 19.1 Å². The summed E-state index contributed by atoms with van der Waals surface area (Å²) < 4.78 is 10.3. The Labute approximate surface area is 184 Å². The van der Waals surface area contributed by atoms with Gasteiger partial charge in [-0.25, -0.2) is 4.79 Å². The van der Waals surface area contributed by atoms with Crippen molar-refractivity contribution in [1.29, 1.82) is 0 Å². The molecule has 0 heterocycles. The zero-order valence-corrected chi connectivity index (χ0v) is 19.0. The summed E-state index contributed by atoms with van der Waals surface area (Å²) in [5.74, 6) is -1.69. The normalized spacial score (nSPS) is 13.2. The minimum atomic E-state index is -0.938. The monoisotopic (exact) mass is 436 g/mol. The van der Waals surface area contributed by atoms with Gasteiger partial charge in [-0.15, -0.1) is 0 Å². The van der Waals surface area contributed by atoms with Gasteiger partial charge in [0.2, 0.25) is 0 Å². The molecule has 0 aliphatic rings. The fourth-order valence-electron chi connectivity index (χ4n) is 3.04. The Morgan fingerprint density at radius 2 is 1.71 bits per heavy atom. The van der Waals surface area contributed by atoms with Gasteiger partial charge in [-0.2, -0.15) is 0 Å². The van der Waals surface area contributed by atoms with E-state index >= 15 is 0 Å². The van der Waals surface area contributed by atoms with E-state index in [-0.39, 0.29) is 5.97 Å². The van der Waals surface area contributed by atoms with Gasteiger partial charge in [-0.3, -0.25) is 9.59 Å². The molecule has 2 atom stereocenters. The lowest BCUT2D eigenvalue weighted by Crippen LogP contribution is -2.38. The van der Waals surface area contributed by atoms with Crippen molar-refractivity contribution in [3.8, 4) is 0 Å². The SMILES string of the molecule is CCOC(=O)C(CCN[C@@H](CCCCNC(=O)OC(C)(C)C)C(=O)O)c1ccccc1. The summed E-state index contributed by atoms with van der Waals surface area (Å²) in [6.07, 6.45) is 1.64. The second-order valence-electron chi connectivity index (χ2n) is 8.27. The highest BCUT2D eigenvalue weighted by Crippen LogP contribution is 2.21. The average molecular weight is 437 g/mol. The van der Waals surface area contributed by atoms with Gasteiger partial charge in [-0.1, -0.05) is 30.3 Å². The number of esters is 1. The number of carbonyl (C=O) groups excluding carboxylic acids is 2. The predicted molar refractivity (Wildman–Crippen MR) is 118 cm³/mol. The summed E-state index contributed by atoms with van der Waals surface area (Å²) in [4.78, 5) is 35.5. The molecule has 0 fully saturated rings. The third-order valence-electron chi connectivity index (χ3n) is 4.48. The van der Waals surface area contributed by atoms with Crippen molar-refractivity contribution >= 4 is 18.0 Å². The Bertz CT molecular complexity index is 687. The number of carboxylic acids is 1. The molecule has 0 aliphatic carbocycles. The lowest BCUT2D eigenvalue weighted by Gasteiger charge is -2.20. The maximum absolute atomic E-state index is 12.3. The highest BCUT2D eigenvalue weighted by Gasteiger charge is 2.23. The average Bonchev–Trinajstić information content (AvgIpc) is 2.68. The van der Waals surface area contributed by atoms with Crippen LogP contribution in [0, 0.1) is 0 Å². The van der Waals surface area contributed by atoms with Gasteiger partial charge in [0.25, 0.3) is 0 Å². The number of alkyl carbamates (subject to hydrolysis) is 1. The first-order valence-electron chi connectivity index (χ1n) is 10.8. The van der Waals surface area contributed by atoms with Crippen LogP contribution in [0.25, 0.3) is 0 Å². The number of benzene rings is 1. The molecule has 8 heteroatoms. The zero-order chi connectivity index (χ0) is 23.3. The third-order valence-corrected chi connectivity index (χ3v) is 4.48. The van der Waals surface area contributed by atoms with Crippen LogP contribution >= 0.6 is 0 Å². The molecule has 3 N–H and O–H groups in total. The highest BCUT2D eigenvalue weighted by atomic mass is 16.6. The molecule has 8 nitrogen and oxygen atoms in total. The first-order chi connectivity index (χ1) is 14.6. The molecule has 0 saturated carbocycles. The van der Waals surface area contributed by atoms with E-state index in [2.05, 4.69) is 10.6 Å². The van der Waals surface area contributed by atoms with Crippen molar-refractivity contribution in [3.05, 3.63) is 35.9 Å². The number of carbonyl (C=O) groups is 3. The molecule has 1 aromatic rings. The number of unbranched alkanes of at least 4 members (excludes halogenated alkanes) is 1. The minimum Gasteiger partial charge on any atom is -0.480 e. The van der Waals surface area contributed by atoms with Crippen molar-refractivity contribution in [2.24, 2.45) is 0 Å². The Balaban J connectivity index is 2.44. The van der Waals surface area contributed by atoms with Crippen LogP contribution in [0.1, 0.15) is 64.9 Å². The number of hydrogen-bond acceptors (Lipinski definition) is 6. The summed E-state index contributed by atoms with van der Waals surface area (Å²) in [5.41, 5.74) is 0.298. The quantitative estimate of drug-likeness (QED) is 0.320. The molecule has 0 radical (unpaired) electrons. The first-order valence-corrected chi connectivity index (χ1v) is 10.8. The van der Waals surface area contributed by atoms with Crippen molar-refractivity contribution in [2.45, 2.75) is 70.9 Å².